The van der Waals surface area contributed by atoms with Crippen molar-refractivity contribution in [3.05, 3.63) is 71.5 Å². The molecule has 3 rings (SSSR count). The largest absolute Gasteiger partial charge is 0.411 e. The van der Waals surface area contributed by atoms with Crippen molar-refractivity contribution in [2.45, 2.75) is 25.7 Å². The van der Waals surface area contributed by atoms with Gasteiger partial charge in [-0.1, -0.05) is 36.4 Å². The van der Waals surface area contributed by atoms with Crippen molar-refractivity contribution in [1.82, 2.24) is 25.5 Å². The highest BCUT2D eigenvalue weighted by molar-refractivity contribution is 5.78. The van der Waals surface area contributed by atoms with Gasteiger partial charge in [-0.25, -0.2) is 4.68 Å². The second-order valence-corrected chi connectivity index (χ2v) is 6.30. The van der Waals surface area contributed by atoms with Crippen LogP contribution in [0.3, 0.4) is 0 Å². The topological polar surface area (TPSA) is 81.9 Å². The van der Waals surface area contributed by atoms with Crippen LogP contribution < -0.4 is 5.32 Å². The molecule has 0 bridgehead atoms. The zero-order chi connectivity index (χ0) is 20.7. The third-order valence-corrected chi connectivity index (χ3v) is 3.96. The minimum atomic E-state index is -4.34. The fraction of sp³-hybridized carbons (Fsp3) is 0.263. The van der Waals surface area contributed by atoms with E-state index in [-0.39, 0.29) is 18.9 Å². The second kappa shape index (κ2) is 9.28. The van der Waals surface area contributed by atoms with Gasteiger partial charge >= 0.3 is 6.18 Å². The van der Waals surface area contributed by atoms with Gasteiger partial charge in [0, 0.05) is 6.54 Å². The Labute approximate surface area is 164 Å². The fourth-order valence-corrected chi connectivity index (χ4v) is 2.53. The fourth-order valence-electron chi connectivity index (χ4n) is 2.53. The molecule has 1 heterocycles. The maximum atomic E-state index is 12.1. The van der Waals surface area contributed by atoms with Crippen LogP contribution in [0.25, 0.3) is 5.69 Å². The summed E-state index contributed by atoms with van der Waals surface area (Å²) >= 11 is 0. The molecule has 0 saturated carbocycles. The van der Waals surface area contributed by atoms with Gasteiger partial charge < -0.3 is 10.1 Å². The maximum Gasteiger partial charge on any atom is 0.411 e. The monoisotopic (exact) mass is 405 g/mol. The van der Waals surface area contributed by atoms with E-state index in [1.54, 1.807) is 24.3 Å². The van der Waals surface area contributed by atoms with E-state index in [9.17, 15) is 18.0 Å². The van der Waals surface area contributed by atoms with E-state index in [4.69, 9.17) is 0 Å². The number of halogens is 3. The first-order chi connectivity index (χ1) is 13.9. The van der Waals surface area contributed by atoms with E-state index in [2.05, 4.69) is 25.6 Å². The number of carbonyl (C=O) groups excluding carboxylic acids is 1. The van der Waals surface area contributed by atoms with Crippen LogP contribution >= 0.6 is 0 Å². The summed E-state index contributed by atoms with van der Waals surface area (Å²) in [5.74, 6) is -0.141. The van der Waals surface area contributed by atoms with Crippen LogP contribution in [-0.2, 0) is 29.1 Å². The van der Waals surface area contributed by atoms with E-state index in [0.717, 1.165) is 16.8 Å². The van der Waals surface area contributed by atoms with E-state index >= 15 is 0 Å². The smallest absolute Gasteiger partial charge is 0.367 e. The molecule has 0 saturated heterocycles. The SMILES string of the molecule is O=C(Cc1ccc(-n2cnnn2)cc1)NCc1ccc(COCC(F)(F)F)cc1. The molecule has 3 aromatic rings. The summed E-state index contributed by atoms with van der Waals surface area (Å²) < 4.78 is 42.3. The lowest BCUT2D eigenvalue weighted by Gasteiger charge is -2.09. The van der Waals surface area contributed by atoms with Gasteiger partial charge in [-0.15, -0.1) is 5.10 Å². The van der Waals surface area contributed by atoms with Gasteiger partial charge in [-0.2, -0.15) is 13.2 Å². The molecule has 0 radical (unpaired) electrons. The molecular formula is C19H18F3N5O2. The van der Waals surface area contributed by atoms with Crippen molar-refractivity contribution in [2.24, 2.45) is 0 Å². The number of amides is 1. The second-order valence-electron chi connectivity index (χ2n) is 6.30. The lowest BCUT2D eigenvalue weighted by atomic mass is 10.1. The molecule has 0 atom stereocenters. The van der Waals surface area contributed by atoms with Gasteiger partial charge in [0.1, 0.15) is 12.9 Å². The van der Waals surface area contributed by atoms with Crippen LogP contribution in [-0.4, -0.2) is 38.9 Å². The average molecular weight is 405 g/mol. The van der Waals surface area contributed by atoms with Crippen LogP contribution in [0.2, 0.25) is 0 Å². The predicted molar refractivity (Wildman–Crippen MR) is 96.9 cm³/mol. The number of rotatable bonds is 8. The Balaban J connectivity index is 1.43. The number of tetrazole rings is 1. The lowest BCUT2D eigenvalue weighted by molar-refractivity contribution is -0.176. The first-order valence-corrected chi connectivity index (χ1v) is 8.70. The lowest BCUT2D eigenvalue weighted by Crippen LogP contribution is -2.24. The Kier molecular flexibility index (Phi) is 6.55. The summed E-state index contributed by atoms with van der Waals surface area (Å²) in [5, 5.41) is 13.7. The number of aromatic nitrogens is 4. The van der Waals surface area contributed by atoms with Crippen molar-refractivity contribution in [1.29, 1.82) is 0 Å². The molecule has 0 aliphatic carbocycles. The molecule has 29 heavy (non-hydrogen) atoms. The van der Waals surface area contributed by atoms with Gasteiger partial charge in [0.2, 0.25) is 5.91 Å². The van der Waals surface area contributed by atoms with Crippen LogP contribution in [0.15, 0.2) is 54.9 Å². The number of hydrogen-bond donors (Lipinski definition) is 1. The molecule has 10 heteroatoms. The zero-order valence-corrected chi connectivity index (χ0v) is 15.3. The molecule has 152 valence electrons. The van der Waals surface area contributed by atoms with Crippen LogP contribution in [0.5, 0.6) is 0 Å². The molecule has 0 aliphatic heterocycles. The third kappa shape index (κ3) is 6.68. The highest BCUT2D eigenvalue weighted by atomic mass is 19.4. The number of carbonyl (C=O) groups is 1. The van der Waals surface area contributed by atoms with Crippen molar-refractivity contribution in [3.63, 3.8) is 0 Å². The molecule has 1 aromatic heterocycles. The van der Waals surface area contributed by atoms with Crippen LogP contribution in [0, 0.1) is 0 Å². The van der Waals surface area contributed by atoms with Gasteiger partial charge in [-0.05, 0) is 39.2 Å². The molecule has 0 spiro atoms. The molecule has 2 aromatic carbocycles. The van der Waals surface area contributed by atoms with Crippen LogP contribution in [0.1, 0.15) is 16.7 Å². The average Bonchev–Trinajstić information content (AvgIpc) is 3.22. The van der Waals surface area contributed by atoms with Gasteiger partial charge in [0.05, 0.1) is 18.7 Å². The Hall–Kier alpha value is -3.27. The number of nitrogens with one attached hydrogen (secondary N) is 1. The molecule has 0 aliphatic rings. The van der Waals surface area contributed by atoms with E-state index in [1.165, 1.54) is 11.0 Å². The van der Waals surface area contributed by atoms with Crippen molar-refractivity contribution in [2.75, 3.05) is 6.61 Å². The summed E-state index contributed by atoms with van der Waals surface area (Å²) in [4.78, 5) is 12.1. The van der Waals surface area contributed by atoms with Crippen molar-refractivity contribution >= 4 is 5.91 Å². The van der Waals surface area contributed by atoms with Crippen molar-refractivity contribution in [3.8, 4) is 5.69 Å². The van der Waals surface area contributed by atoms with Gasteiger partial charge in [-0.3, -0.25) is 4.79 Å². The Morgan fingerprint density at radius 2 is 1.66 bits per heavy atom. The Morgan fingerprint density at radius 1 is 1.00 bits per heavy atom. The summed E-state index contributed by atoms with van der Waals surface area (Å²) in [6, 6.07) is 14.1. The predicted octanol–water partition coefficient (Wildman–Crippen LogP) is 2.60. The van der Waals surface area contributed by atoms with E-state index in [1.807, 2.05) is 24.3 Å². The highest BCUT2D eigenvalue weighted by Gasteiger charge is 2.27. The number of nitrogens with zero attached hydrogens (tertiary/aromatic N) is 4. The van der Waals surface area contributed by atoms with Crippen molar-refractivity contribution < 1.29 is 22.7 Å². The summed E-state index contributed by atoms with van der Waals surface area (Å²) in [5.41, 5.74) is 3.11. The number of ether oxygens (including phenoxy) is 1. The number of alkyl halides is 3. The minimum absolute atomic E-state index is 0.118. The zero-order valence-electron chi connectivity index (χ0n) is 15.3. The third-order valence-electron chi connectivity index (χ3n) is 3.96. The molecule has 1 N–H and O–H groups in total. The standard InChI is InChI=1S/C19H18F3N5O2/c20-19(21,22)12-29-11-16-3-1-15(2-4-16)10-23-18(28)9-14-5-7-17(8-6-14)27-13-24-25-26-27/h1-8,13H,9-12H2,(H,23,28). The molecular weight excluding hydrogens is 387 g/mol. The first kappa shape index (κ1) is 20.5. The van der Waals surface area contributed by atoms with Gasteiger partial charge in [0.25, 0.3) is 0 Å². The summed E-state index contributed by atoms with van der Waals surface area (Å²) in [6.07, 6.45) is -2.63. The van der Waals surface area contributed by atoms with Crippen LogP contribution in [0.4, 0.5) is 13.2 Å². The molecule has 7 nitrogen and oxygen atoms in total. The summed E-state index contributed by atoms with van der Waals surface area (Å²) in [6.45, 7) is -1.07. The molecule has 1 amide bonds. The highest BCUT2D eigenvalue weighted by Crippen LogP contribution is 2.16. The normalized spacial score (nSPS) is 11.4. The quantitative estimate of drug-likeness (QED) is 0.623. The minimum Gasteiger partial charge on any atom is -0.367 e. The Morgan fingerprint density at radius 3 is 2.28 bits per heavy atom. The van der Waals surface area contributed by atoms with Gasteiger partial charge in [0.15, 0.2) is 0 Å². The first-order valence-electron chi connectivity index (χ1n) is 8.70. The Bertz CT molecular complexity index is 911. The maximum absolute atomic E-state index is 12.1. The number of hydrogen-bond acceptors (Lipinski definition) is 5. The molecule has 0 unspecified atom stereocenters. The number of benzene rings is 2. The molecule has 0 fully saturated rings. The summed E-state index contributed by atoms with van der Waals surface area (Å²) in [7, 11) is 0. The van der Waals surface area contributed by atoms with E-state index < -0.39 is 12.8 Å². The van der Waals surface area contributed by atoms with E-state index in [0.29, 0.717) is 12.1 Å².